The first kappa shape index (κ1) is 16.2. The molecule has 0 bridgehead atoms. The molecule has 1 saturated heterocycles. The average Bonchev–Trinajstić information content (AvgIpc) is 3.10. The van der Waals surface area contributed by atoms with Crippen LogP contribution in [0.25, 0.3) is 0 Å². The van der Waals surface area contributed by atoms with Gasteiger partial charge in [0, 0.05) is 44.1 Å². The van der Waals surface area contributed by atoms with Crippen LogP contribution in [0.3, 0.4) is 0 Å². The number of nitrogens with one attached hydrogen (secondary N) is 1. The average molecular weight is 329 g/mol. The molecule has 0 spiro atoms. The lowest BCUT2D eigenvalue weighted by Gasteiger charge is -2.35. The summed E-state index contributed by atoms with van der Waals surface area (Å²) in [6.07, 6.45) is 3.98. The number of nitrogens with zero attached hydrogens (tertiary/aromatic N) is 2. The number of rotatable bonds is 3. The van der Waals surface area contributed by atoms with Crippen molar-refractivity contribution in [2.45, 2.75) is 13.3 Å². The van der Waals surface area contributed by atoms with E-state index < -0.39 is 0 Å². The summed E-state index contributed by atoms with van der Waals surface area (Å²) in [5.74, 6) is -0.359. The van der Waals surface area contributed by atoms with E-state index in [1.54, 1.807) is 29.0 Å². The van der Waals surface area contributed by atoms with Crippen molar-refractivity contribution in [3.05, 3.63) is 59.2 Å². The Morgan fingerprint density at radius 1 is 1.12 bits per heavy atom. The maximum absolute atomic E-state index is 13.3. The van der Waals surface area contributed by atoms with E-state index >= 15 is 0 Å². The highest BCUT2D eigenvalue weighted by Gasteiger charge is 2.25. The van der Waals surface area contributed by atoms with Gasteiger partial charge in [-0.1, -0.05) is 0 Å². The van der Waals surface area contributed by atoms with Gasteiger partial charge in [0.05, 0.1) is 6.42 Å². The van der Waals surface area contributed by atoms with Gasteiger partial charge < -0.3 is 14.8 Å². The van der Waals surface area contributed by atoms with Gasteiger partial charge in [0.2, 0.25) is 5.91 Å². The Morgan fingerprint density at radius 2 is 1.83 bits per heavy atom. The first-order chi connectivity index (χ1) is 11.5. The molecule has 1 aliphatic rings. The number of hydrogen-bond acceptors (Lipinski definition) is 2. The lowest BCUT2D eigenvalue weighted by atomic mass is 10.1. The van der Waals surface area contributed by atoms with Crippen molar-refractivity contribution in [3.8, 4) is 0 Å². The van der Waals surface area contributed by atoms with Crippen molar-refractivity contribution in [1.82, 2.24) is 14.8 Å². The second-order valence-electron chi connectivity index (χ2n) is 6.03. The fourth-order valence-corrected chi connectivity index (χ4v) is 2.87. The minimum Gasteiger partial charge on any atom is -0.367 e. The van der Waals surface area contributed by atoms with E-state index in [9.17, 15) is 14.0 Å². The van der Waals surface area contributed by atoms with Gasteiger partial charge in [-0.15, -0.1) is 0 Å². The molecule has 2 amide bonds. The normalized spacial score (nSPS) is 14.8. The van der Waals surface area contributed by atoms with Crippen LogP contribution in [0.5, 0.6) is 0 Å². The number of benzene rings is 1. The van der Waals surface area contributed by atoms with Crippen LogP contribution in [0.2, 0.25) is 0 Å². The molecule has 0 atom stereocenters. The number of carbonyl (C=O) groups is 2. The number of aryl methyl sites for hydroxylation is 1. The molecule has 2 aromatic rings. The Morgan fingerprint density at radius 3 is 2.46 bits per heavy atom. The number of piperazine rings is 1. The van der Waals surface area contributed by atoms with Gasteiger partial charge >= 0.3 is 0 Å². The molecule has 1 N–H and O–H groups in total. The molecule has 0 saturated carbocycles. The Bertz CT molecular complexity index is 735. The number of carbonyl (C=O) groups excluding carboxylic acids is 2. The zero-order valence-corrected chi connectivity index (χ0v) is 13.6. The molecular weight excluding hydrogens is 309 g/mol. The van der Waals surface area contributed by atoms with Crippen LogP contribution in [0, 0.1) is 12.7 Å². The quantitative estimate of drug-likeness (QED) is 0.936. The number of halogens is 1. The monoisotopic (exact) mass is 329 g/mol. The van der Waals surface area contributed by atoms with Gasteiger partial charge in [-0.05, 0) is 42.3 Å². The molecule has 2 heterocycles. The minimum atomic E-state index is -0.313. The van der Waals surface area contributed by atoms with Gasteiger partial charge in [0.15, 0.2) is 0 Å². The van der Waals surface area contributed by atoms with Crippen LogP contribution in [-0.2, 0) is 11.2 Å². The van der Waals surface area contributed by atoms with Gasteiger partial charge in [-0.2, -0.15) is 0 Å². The van der Waals surface area contributed by atoms with Gasteiger partial charge in [0.25, 0.3) is 5.91 Å². The van der Waals surface area contributed by atoms with Crippen LogP contribution < -0.4 is 0 Å². The predicted molar refractivity (Wildman–Crippen MR) is 88.1 cm³/mol. The summed E-state index contributed by atoms with van der Waals surface area (Å²) in [6.45, 7) is 3.68. The molecule has 5 nitrogen and oxygen atoms in total. The molecule has 0 aliphatic carbocycles. The zero-order chi connectivity index (χ0) is 17.1. The third-order valence-electron chi connectivity index (χ3n) is 4.34. The number of amides is 2. The van der Waals surface area contributed by atoms with Crippen molar-refractivity contribution in [2.24, 2.45) is 0 Å². The Hall–Kier alpha value is -2.63. The van der Waals surface area contributed by atoms with E-state index in [2.05, 4.69) is 4.98 Å². The van der Waals surface area contributed by atoms with Crippen LogP contribution in [0.15, 0.2) is 36.7 Å². The van der Waals surface area contributed by atoms with Crippen LogP contribution in [-0.4, -0.2) is 52.8 Å². The topological polar surface area (TPSA) is 56.4 Å². The standard InChI is InChI=1S/C18H20FN3O2/c1-13-10-15(2-3-16(13)19)18(24)22-8-6-21(7-9-22)17(23)11-14-4-5-20-12-14/h2-5,10,12,20H,6-9,11H2,1H3. The minimum absolute atomic E-state index is 0.0688. The highest BCUT2D eigenvalue weighted by Crippen LogP contribution is 2.14. The van der Waals surface area contributed by atoms with Gasteiger partial charge in [-0.3, -0.25) is 9.59 Å². The number of H-pyrrole nitrogens is 1. The van der Waals surface area contributed by atoms with Gasteiger partial charge in [-0.25, -0.2) is 4.39 Å². The summed E-state index contributed by atoms with van der Waals surface area (Å²) in [4.78, 5) is 31.2. The maximum Gasteiger partial charge on any atom is 0.253 e. The fraction of sp³-hybridized carbons (Fsp3) is 0.333. The molecule has 0 radical (unpaired) electrons. The van der Waals surface area contributed by atoms with Crippen molar-refractivity contribution in [3.63, 3.8) is 0 Å². The highest BCUT2D eigenvalue weighted by atomic mass is 19.1. The molecule has 24 heavy (non-hydrogen) atoms. The van der Waals surface area contributed by atoms with E-state index in [0.717, 1.165) is 5.56 Å². The van der Waals surface area contributed by atoms with Gasteiger partial charge in [0.1, 0.15) is 5.82 Å². The number of hydrogen-bond donors (Lipinski definition) is 1. The van der Waals surface area contributed by atoms with Crippen molar-refractivity contribution >= 4 is 11.8 Å². The lowest BCUT2D eigenvalue weighted by Crippen LogP contribution is -2.51. The molecule has 3 rings (SSSR count). The number of aromatic amines is 1. The smallest absolute Gasteiger partial charge is 0.253 e. The second kappa shape index (κ2) is 6.86. The fourth-order valence-electron chi connectivity index (χ4n) is 2.87. The molecule has 1 aliphatic heterocycles. The molecular formula is C18H20FN3O2. The predicted octanol–water partition coefficient (Wildman–Crippen LogP) is 1.99. The summed E-state index contributed by atoms with van der Waals surface area (Å²) >= 11 is 0. The third-order valence-corrected chi connectivity index (χ3v) is 4.34. The third kappa shape index (κ3) is 3.48. The largest absolute Gasteiger partial charge is 0.367 e. The lowest BCUT2D eigenvalue weighted by molar-refractivity contribution is -0.131. The molecule has 1 fully saturated rings. The summed E-state index contributed by atoms with van der Waals surface area (Å²) < 4.78 is 13.3. The van der Waals surface area contributed by atoms with Crippen molar-refractivity contribution in [1.29, 1.82) is 0 Å². The number of aromatic nitrogens is 1. The molecule has 1 aromatic heterocycles. The second-order valence-corrected chi connectivity index (χ2v) is 6.03. The van der Waals surface area contributed by atoms with E-state index in [4.69, 9.17) is 0 Å². The van der Waals surface area contributed by atoms with Crippen LogP contribution >= 0.6 is 0 Å². The Balaban J connectivity index is 1.57. The summed E-state index contributed by atoms with van der Waals surface area (Å²) in [5.41, 5.74) is 1.91. The van der Waals surface area contributed by atoms with Crippen molar-refractivity contribution < 1.29 is 14.0 Å². The molecule has 0 unspecified atom stereocenters. The zero-order valence-electron chi connectivity index (χ0n) is 13.6. The first-order valence-electron chi connectivity index (χ1n) is 7.99. The SMILES string of the molecule is Cc1cc(C(=O)N2CCN(C(=O)Cc3cc[nH]c3)CC2)ccc1F. The summed E-state index contributed by atoms with van der Waals surface area (Å²) in [7, 11) is 0. The molecule has 126 valence electrons. The van der Waals surface area contributed by atoms with E-state index in [1.165, 1.54) is 12.1 Å². The maximum atomic E-state index is 13.3. The Kier molecular flexibility index (Phi) is 4.64. The van der Waals surface area contributed by atoms with E-state index in [-0.39, 0.29) is 17.6 Å². The van der Waals surface area contributed by atoms with Crippen LogP contribution in [0.1, 0.15) is 21.5 Å². The van der Waals surface area contributed by atoms with E-state index in [1.807, 2.05) is 12.3 Å². The highest BCUT2D eigenvalue weighted by molar-refractivity contribution is 5.94. The summed E-state index contributed by atoms with van der Waals surface area (Å²) in [5, 5.41) is 0. The molecule has 1 aromatic carbocycles. The van der Waals surface area contributed by atoms with E-state index in [0.29, 0.717) is 43.7 Å². The first-order valence-corrected chi connectivity index (χ1v) is 7.99. The molecule has 6 heteroatoms. The Labute approximate surface area is 140 Å². The summed E-state index contributed by atoms with van der Waals surface area (Å²) in [6, 6.07) is 6.28. The van der Waals surface area contributed by atoms with Crippen LogP contribution in [0.4, 0.5) is 4.39 Å². The van der Waals surface area contributed by atoms with Crippen molar-refractivity contribution in [2.75, 3.05) is 26.2 Å².